The predicted octanol–water partition coefficient (Wildman–Crippen LogP) is 3.27. The quantitative estimate of drug-likeness (QED) is 0.180. The van der Waals surface area contributed by atoms with Crippen LogP contribution < -0.4 is 20.2 Å². The monoisotopic (exact) mass is 529 g/mol. The standard InChI is InChI=1S/C26H23N7O6/c1-38-22-12-11-17(13-18(22)15-32-16-27-26(31-32)33(36)37)14-28-30-25(35)19-7-3-5-9-21(19)29-24(34)20-8-4-6-10-23(20)39-2/h3-14,16H,15H2,1-2H3,(H,29,34)(H,30,35)/b28-14+. The van der Waals surface area contributed by atoms with Crippen LogP contribution in [0.3, 0.4) is 0 Å². The van der Waals surface area contributed by atoms with Gasteiger partial charge in [-0.15, -0.1) is 0 Å². The van der Waals surface area contributed by atoms with Gasteiger partial charge < -0.3 is 24.9 Å². The number of methoxy groups -OCH3 is 2. The van der Waals surface area contributed by atoms with Crippen molar-refractivity contribution in [3.8, 4) is 11.5 Å². The second-order valence-electron chi connectivity index (χ2n) is 7.97. The Morgan fingerprint density at radius 1 is 1.00 bits per heavy atom. The predicted molar refractivity (Wildman–Crippen MR) is 141 cm³/mol. The van der Waals surface area contributed by atoms with Gasteiger partial charge in [-0.1, -0.05) is 29.2 Å². The van der Waals surface area contributed by atoms with Crippen molar-refractivity contribution in [1.29, 1.82) is 0 Å². The Hall–Kier alpha value is -5.59. The van der Waals surface area contributed by atoms with Crippen LogP contribution in [-0.2, 0) is 6.54 Å². The molecule has 0 saturated carbocycles. The van der Waals surface area contributed by atoms with E-state index in [4.69, 9.17) is 9.47 Å². The van der Waals surface area contributed by atoms with Crippen molar-refractivity contribution in [1.82, 2.24) is 20.2 Å². The van der Waals surface area contributed by atoms with E-state index in [-0.39, 0.29) is 12.1 Å². The zero-order valence-electron chi connectivity index (χ0n) is 20.9. The first-order valence-electron chi connectivity index (χ1n) is 11.5. The van der Waals surface area contributed by atoms with Crippen LogP contribution in [0, 0.1) is 10.1 Å². The molecule has 0 aliphatic carbocycles. The van der Waals surface area contributed by atoms with E-state index in [0.29, 0.717) is 33.9 Å². The van der Waals surface area contributed by atoms with Gasteiger partial charge in [-0.2, -0.15) is 9.78 Å². The number of benzene rings is 3. The third kappa shape index (κ3) is 6.40. The minimum atomic E-state index is -0.679. The van der Waals surface area contributed by atoms with E-state index in [2.05, 4.69) is 25.9 Å². The maximum Gasteiger partial charge on any atom is 0.490 e. The molecule has 0 atom stereocenters. The number of anilines is 1. The topological polar surface area (TPSA) is 163 Å². The minimum Gasteiger partial charge on any atom is -0.496 e. The number of para-hydroxylation sites is 2. The van der Waals surface area contributed by atoms with Crippen LogP contribution in [-0.4, -0.2) is 51.9 Å². The fourth-order valence-electron chi connectivity index (χ4n) is 3.66. The summed E-state index contributed by atoms with van der Waals surface area (Å²) in [6.45, 7) is 0.164. The number of hydrogen-bond acceptors (Lipinski definition) is 9. The molecule has 4 rings (SSSR count). The van der Waals surface area contributed by atoms with Gasteiger partial charge in [-0.05, 0) is 53.0 Å². The molecule has 0 spiro atoms. The summed E-state index contributed by atoms with van der Waals surface area (Å²) in [6.07, 6.45) is 2.68. The molecular weight excluding hydrogens is 506 g/mol. The summed E-state index contributed by atoms with van der Waals surface area (Å²) in [6, 6.07) is 18.5. The molecule has 2 amide bonds. The summed E-state index contributed by atoms with van der Waals surface area (Å²) in [5.41, 5.74) is 4.58. The van der Waals surface area contributed by atoms with Crippen LogP contribution in [0.15, 0.2) is 78.2 Å². The van der Waals surface area contributed by atoms with E-state index < -0.39 is 22.7 Å². The van der Waals surface area contributed by atoms with Crippen molar-refractivity contribution in [3.05, 3.63) is 105 Å². The first-order valence-corrected chi connectivity index (χ1v) is 11.5. The molecule has 0 unspecified atom stereocenters. The summed E-state index contributed by atoms with van der Waals surface area (Å²) in [7, 11) is 2.97. The van der Waals surface area contributed by atoms with Crippen LogP contribution in [0.4, 0.5) is 11.6 Å². The highest BCUT2D eigenvalue weighted by molar-refractivity contribution is 6.10. The number of carbonyl (C=O) groups is 2. The average molecular weight is 530 g/mol. The Labute approximate surface area is 222 Å². The highest BCUT2D eigenvalue weighted by atomic mass is 16.6. The normalized spacial score (nSPS) is 10.7. The van der Waals surface area contributed by atoms with Crippen molar-refractivity contribution in [2.45, 2.75) is 6.54 Å². The van der Waals surface area contributed by atoms with E-state index in [1.807, 2.05) is 0 Å². The fraction of sp³-hybridized carbons (Fsp3) is 0.115. The molecule has 0 bridgehead atoms. The minimum absolute atomic E-state index is 0.164. The van der Waals surface area contributed by atoms with Crippen LogP contribution in [0.25, 0.3) is 0 Å². The Kier molecular flexibility index (Phi) is 8.21. The molecular formula is C26H23N7O6. The van der Waals surface area contributed by atoms with Crippen molar-refractivity contribution < 1.29 is 24.0 Å². The first-order chi connectivity index (χ1) is 18.9. The molecule has 1 aromatic heterocycles. The van der Waals surface area contributed by atoms with Gasteiger partial charge in [0.1, 0.15) is 11.5 Å². The number of nitrogens with one attached hydrogen (secondary N) is 2. The van der Waals surface area contributed by atoms with E-state index in [1.54, 1.807) is 66.7 Å². The summed E-state index contributed by atoms with van der Waals surface area (Å²) in [5.74, 6) is -0.532. The fourth-order valence-corrected chi connectivity index (χ4v) is 3.66. The molecule has 1 heterocycles. The maximum absolute atomic E-state index is 12.9. The number of ether oxygens (including phenoxy) is 2. The lowest BCUT2D eigenvalue weighted by Gasteiger charge is -2.12. The molecule has 0 fully saturated rings. The molecule has 3 aromatic carbocycles. The molecule has 13 nitrogen and oxygen atoms in total. The van der Waals surface area contributed by atoms with Gasteiger partial charge in [0, 0.05) is 10.7 Å². The third-order valence-electron chi connectivity index (χ3n) is 5.48. The lowest BCUT2D eigenvalue weighted by atomic mass is 10.1. The molecule has 198 valence electrons. The van der Waals surface area contributed by atoms with E-state index in [9.17, 15) is 19.7 Å². The van der Waals surface area contributed by atoms with Gasteiger partial charge in [0.05, 0.1) is 43.8 Å². The molecule has 0 saturated heterocycles. The largest absolute Gasteiger partial charge is 0.496 e. The van der Waals surface area contributed by atoms with Crippen LogP contribution in [0.2, 0.25) is 0 Å². The van der Waals surface area contributed by atoms with E-state index in [0.717, 1.165) is 0 Å². The SMILES string of the molecule is COc1ccc(/C=N/NC(=O)c2ccccc2NC(=O)c2ccccc2OC)cc1Cn1cnc([N+](=O)[O-])n1. The summed E-state index contributed by atoms with van der Waals surface area (Å²) in [5, 5.41) is 21.4. The number of carbonyl (C=O) groups excluding carboxylic acids is 2. The highest BCUT2D eigenvalue weighted by Crippen LogP contribution is 2.22. The van der Waals surface area contributed by atoms with Gasteiger partial charge in [0.2, 0.25) is 6.33 Å². The Morgan fingerprint density at radius 3 is 2.44 bits per heavy atom. The number of nitro groups is 1. The van der Waals surface area contributed by atoms with Crippen LogP contribution >= 0.6 is 0 Å². The van der Waals surface area contributed by atoms with Gasteiger partial charge in [0.15, 0.2) is 0 Å². The molecule has 0 aliphatic rings. The molecule has 4 aromatic rings. The molecule has 0 aliphatic heterocycles. The second kappa shape index (κ2) is 12.1. The number of nitrogens with zero attached hydrogens (tertiary/aromatic N) is 5. The van der Waals surface area contributed by atoms with Crippen molar-refractivity contribution in [2.75, 3.05) is 19.5 Å². The van der Waals surface area contributed by atoms with Crippen LogP contribution in [0.5, 0.6) is 11.5 Å². The van der Waals surface area contributed by atoms with Crippen molar-refractivity contribution in [3.63, 3.8) is 0 Å². The third-order valence-corrected chi connectivity index (χ3v) is 5.48. The summed E-state index contributed by atoms with van der Waals surface area (Å²) < 4.78 is 11.9. The number of hydrazone groups is 1. The zero-order valence-corrected chi connectivity index (χ0v) is 20.9. The van der Waals surface area contributed by atoms with E-state index >= 15 is 0 Å². The Morgan fingerprint density at radius 2 is 1.72 bits per heavy atom. The highest BCUT2D eigenvalue weighted by Gasteiger charge is 2.17. The number of aromatic nitrogens is 3. The van der Waals surface area contributed by atoms with Gasteiger partial charge in [-0.25, -0.2) is 5.43 Å². The van der Waals surface area contributed by atoms with Gasteiger partial charge in [0.25, 0.3) is 11.8 Å². The Bertz CT molecular complexity index is 1550. The van der Waals surface area contributed by atoms with Crippen molar-refractivity contribution in [2.24, 2.45) is 5.10 Å². The average Bonchev–Trinajstić information content (AvgIpc) is 3.42. The molecule has 2 N–H and O–H groups in total. The van der Waals surface area contributed by atoms with Crippen molar-refractivity contribution >= 4 is 29.7 Å². The van der Waals surface area contributed by atoms with Gasteiger partial charge in [-0.3, -0.25) is 9.59 Å². The van der Waals surface area contributed by atoms with E-state index in [1.165, 1.54) is 31.4 Å². The smallest absolute Gasteiger partial charge is 0.490 e. The van der Waals surface area contributed by atoms with Crippen LogP contribution in [0.1, 0.15) is 31.8 Å². The second-order valence-corrected chi connectivity index (χ2v) is 7.97. The lowest BCUT2D eigenvalue weighted by Crippen LogP contribution is -2.21. The van der Waals surface area contributed by atoms with Gasteiger partial charge >= 0.3 is 5.95 Å². The summed E-state index contributed by atoms with van der Waals surface area (Å²) in [4.78, 5) is 39.5. The number of amides is 2. The molecule has 13 heteroatoms. The maximum atomic E-state index is 12.9. The Balaban J connectivity index is 1.46. The molecule has 0 radical (unpaired) electrons. The first kappa shape index (κ1) is 26.5. The zero-order chi connectivity index (χ0) is 27.8. The summed E-state index contributed by atoms with van der Waals surface area (Å²) >= 11 is 0. The number of hydrogen-bond donors (Lipinski definition) is 2. The number of rotatable bonds is 10. The molecule has 39 heavy (non-hydrogen) atoms. The lowest BCUT2D eigenvalue weighted by molar-refractivity contribution is -0.394.